The molecule has 0 aromatic heterocycles. The summed E-state index contributed by atoms with van der Waals surface area (Å²) in [6.45, 7) is 0.632. The van der Waals surface area contributed by atoms with E-state index >= 15 is 0 Å². The van der Waals surface area contributed by atoms with E-state index in [1.807, 2.05) is 24.3 Å². The minimum absolute atomic E-state index is 0.101. The van der Waals surface area contributed by atoms with Crippen LogP contribution in [-0.4, -0.2) is 39.6 Å². The molecule has 0 aliphatic carbocycles. The minimum Gasteiger partial charge on any atom is -0.510 e. The molecule has 1 saturated heterocycles. The van der Waals surface area contributed by atoms with Crippen molar-refractivity contribution >= 4 is 11.9 Å². The van der Waals surface area contributed by atoms with Gasteiger partial charge >= 0.3 is 5.97 Å². The van der Waals surface area contributed by atoms with E-state index in [1.54, 1.807) is 4.90 Å². The molecule has 1 atom stereocenters. The number of rotatable bonds is 11. The molecular weight excluding hydrogens is 330 g/mol. The van der Waals surface area contributed by atoms with Gasteiger partial charge in [-0.2, -0.15) is 0 Å². The van der Waals surface area contributed by atoms with Crippen LogP contribution >= 0.6 is 0 Å². The second-order valence-corrected chi connectivity index (χ2v) is 6.85. The number of unbranched alkanes of at least 4 members (excludes halogenated alkanes) is 3. The number of amides is 1. The number of allylic oxidation sites excluding steroid dienone is 1. The number of hydrogen-bond donors (Lipinski definition) is 2. The van der Waals surface area contributed by atoms with Crippen molar-refractivity contribution in [1.82, 2.24) is 4.90 Å². The summed E-state index contributed by atoms with van der Waals surface area (Å²) in [5.74, 6) is -0.355. The van der Waals surface area contributed by atoms with Crippen LogP contribution in [0.3, 0.4) is 0 Å². The van der Waals surface area contributed by atoms with Gasteiger partial charge in [0.25, 0.3) is 0 Å². The van der Waals surface area contributed by atoms with Crippen molar-refractivity contribution in [2.75, 3.05) is 6.54 Å². The van der Waals surface area contributed by atoms with E-state index in [0.29, 0.717) is 31.6 Å². The third-order valence-electron chi connectivity index (χ3n) is 4.84. The second-order valence-electron chi connectivity index (χ2n) is 6.85. The molecule has 26 heavy (non-hydrogen) atoms. The molecule has 1 heterocycles. The van der Waals surface area contributed by atoms with Gasteiger partial charge in [0.1, 0.15) is 5.76 Å². The molecule has 2 rings (SSSR count). The van der Waals surface area contributed by atoms with Crippen LogP contribution < -0.4 is 0 Å². The number of carboxylic acid groups (broad SMARTS) is 1. The number of likely N-dealkylation sites (tertiary alicyclic amines) is 1. The lowest BCUT2D eigenvalue weighted by atomic mass is 10.1. The first kappa shape index (κ1) is 20.0. The van der Waals surface area contributed by atoms with Crippen LogP contribution in [0.4, 0.5) is 0 Å². The topological polar surface area (TPSA) is 77.8 Å². The zero-order valence-electron chi connectivity index (χ0n) is 15.3. The molecule has 5 heteroatoms. The van der Waals surface area contributed by atoms with E-state index < -0.39 is 5.97 Å². The van der Waals surface area contributed by atoms with E-state index in [2.05, 4.69) is 12.1 Å². The Bertz CT molecular complexity index is 612. The fourth-order valence-corrected chi connectivity index (χ4v) is 3.40. The predicted octanol–water partition coefficient (Wildman–Crippen LogP) is 4.09. The number of benzene rings is 1. The van der Waals surface area contributed by atoms with Gasteiger partial charge < -0.3 is 15.1 Å². The van der Waals surface area contributed by atoms with Crippen LogP contribution in [0, 0.1) is 0 Å². The van der Waals surface area contributed by atoms with Gasteiger partial charge in [0.15, 0.2) is 0 Å². The van der Waals surface area contributed by atoms with Gasteiger partial charge in [0, 0.05) is 19.4 Å². The van der Waals surface area contributed by atoms with Crippen LogP contribution in [0.2, 0.25) is 0 Å². The molecule has 5 nitrogen and oxygen atoms in total. The minimum atomic E-state index is -0.759. The Labute approximate surface area is 155 Å². The first-order valence-electron chi connectivity index (χ1n) is 9.52. The number of aliphatic hydroxyl groups is 1. The molecule has 2 N–H and O–H groups in total. The van der Waals surface area contributed by atoms with Crippen molar-refractivity contribution in [2.24, 2.45) is 0 Å². The van der Waals surface area contributed by atoms with E-state index in [1.165, 1.54) is 5.56 Å². The molecule has 1 amide bonds. The maximum Gasteiger partial charge on any atom is 0.303 e. The summed E-state index contributed by atoms with van der Waals surface area (Å²) in [5.41, 5.74) is 1.23. The Morgan fingerprint density at radius 3 is 2.58 bits per heavy atom. The summed E-state index contributed by atoms with van der Waals surface area (Å²) in [5, 5.41) is 19.0. The van der Waals surface area contributed by atoms with E-state index in [0.717, 1.165) is 32.1 Å². The SMILES string of the molecule is O=C(O)CCCCCCN1C(=O)CC[C@@H]1C(O)=CCCc1ccccc1. The number of carbonyl (C=O) groups excluding carboxylic acids is 1. The molecule has 1 aromatic rings. The normalized spacial score (nSPS) is 17.7. The molecule has 0 radical (unpaired) electrons. The second kappa shape index (κ2) is 10.6. The molecule has 0 unspecified atom stereocenters. The molecule has 1 aliphatic rings. The van der Waals surface area contributed by atoms with Gasteiger partial charge in [-0.1, -0.05) is 43.2 Å². The van der Waals surface area contributed by atoms with Crippen molar-refractivity contribution in [2.45, 2.75) is 63.8 Å². The number of nitrogens with zero attached hydrogens (tertiary/aromatic N) is 1. The van der Waals surface area contributed by atoms with Crippen LogP contribution in [0.15, 0.2) is 42.2 Å². The Kier molecular flexibility index (Phi) is 8.19. The smallest absolute Gasteiger partial charge is 0.303 e. The van der Waals surface area contributed by atoms with Gasteiger partial charge in [-0.3, -0.25) is 9.59 Å². The number of aliphatic hydroxyl groups excluding tert-OH is 1. The summed E-state index contributed by atoms with van der Waals surface area (Å²) in [4.78, 5) is 24.4. The van der Waals surface area contributed by atoms with Gasteiger partial charge in [0.2, 0.25) is 5.91 Å². The first-order valence-corrected chi connectivity index (χ1v) is 9.52. The maximum atomic E-state index is 12.1. The largest absolute Gasteiger partial charge is 0.510 e. The summed E-state index contributed by atoms with van der Waals surface area (Å²) >= 11 is 0. The van der Waals surface area contributed by atoms with Crippen LogP contribution in [0.5, 0.6) is 0 Å². The fraction of sp³-hybridized carbons (Fsp3) is 0.524. The third kappa shape index (κ3) is 6.54. The quantitative estimate of drug-likeness (QED) is 0.461. The molecule has 1 fully saturated rings. The van der Waals surface area contributed by atoms with Crippen molar-refractivity contribution in [3.05, 3.63) is 47.7 Å². The lowest BCUT2D eigenvalue weighted by Gasteiger charge is -2.24. The van der Waals surface area contributed by atoms with Gasteiger partial charge in [-0.15, -0.1) is 0 Å². The summed E-state index contributed by atoms with van der Waals surface area (Å²) in [7, 11) is 0. The Morgan fingerprint density at radius 2 is 1.85 bits per heavy atom. The van der Waals surface area contributed by atoms with Crippen LogP contribution in [0.25, 0.3) is 0 Å². The molecular formula is C21H29NO4. The molecule has 0 bridgehead atoms. The van der Waals surface area contributed by atoms with Crippen molar-refractivity contribution < 1.29 is 19.8 Å². The zero-order chi connectivity index (χ0) is 18.8. The zero-order valence-corrected chi connectivity index (χ0v) is 15.3. The number of aliphatic carboxylic acids is 1. The highest BCUT2D eigenvalue weighted by atomic mass is 16.4. The lowest BCUT2D eigenvalue weighted by Crippen LogP contribution is -2.35. The van der Waals surface area contributed by atoms with Crippen LogP contribution in [-0.2, 0) is 16.0 Å². The fourth-order valence-electron chi connectivity index (χ4n) is 3.40. The maximum absolute atomic E-state index is 12.1. The number of carboxylic acids is 1. The van der Waals surface area contributed by atoms with Gasteiger partial charge in [0.05, 0.1) is 6.04 Å². The van der Waals surface area contributed by atoms with E-state index in [4.69, 9.17) is 5.11 Å². The highest BCUT2D eigenvalue weighted by Crippen LogP contribution is 2.25. The standard InChI is InChI=1S/C21H29NO4/c23-19(12-8-11-17-9-4-3-5-10-17)18-14-15-20(24)22(18)16-7-2-1-6-13-21(25)26/h3-5,9-10,12,18,23H,1-2,6-8,11,13-16H2,(H,25,26)/t18-/m1/s1. The van der Waals surface area contributed by atoms with E-state index in [9.17, 15) is 14.7 Å². The Morgan fingerprint density at radius 1 is 1.12 bits per heavy atom. The molecule has 0 spiro atoms. The Hall–Kier alpha value is -2.30. The highest BCUT2D eigenvalue weighted by molar-refractivity contribution is 5.79. The van der Waals surface area contributed by atoms with Crippen molar-refractivity contribution in [1.29, 1.82) is 0 Å². The van der Waals surface area contributed by atoms with Crippen molar-refractivity contribution in [3.63, 3.8) is 0 Å². The monoisotopic (exact) mass is 359 g/mol. The number of hydrogen-bond acceptors (Lipinski definition) is 3. The van der Waals surface area contributed by atoms with Crippen molar-refractivity contribution in [3.8, 4) is 0 Å². The molecule has 1 aromatic carbocycles. The van der Waals surface area contributed by atoms with Gasteiger partial charge in [-0.25, -0.2) is 0 Å². The molecule has 1 aliphatic heterocycles. The number of carbonyl (C=O) groups is 2. The molecule has 142 valence electrons. The summed E-state index contributed by atoms with van der Waals surface area (Å²) in [6, 6.07) is 9.94. The molecule has 0 saturated carbocycles. The highest BCUT2D eigenvalue weighted by Gasteiger charge is 2.32. The Balaban J connectivity index is 1.76. The average Bonchev–Trinajstić information content (AvgIpc) is 2.99. The lowest BCUT2D eigenvalue weighted by molar-refractivity contribution is -0.137. The predicted molar refractivity (Wildman–Crippen MR) is 101 cm³/mol. The van der Waals surface area contributed by atoms with Gasteiger partial charge in [-0.05, 0) is 43.7 Å². The van der Waals surface area contributed by atoms with Crippen LogP contribution in [0.1, 0.15) is 56.9 Å². The number of aryl methyl sites for hydroxylation is 1. The van der Waals surface area contributed by atoms with E-state index in [-0.39, 0.29) is 18.4 Å². The summed E-state index contributed by atoms with van der Waals surface area (Å²) in [6.07, 6.45) is 8.12. The summed E-state index contributed by atoms with van der Waals surface area (Å²) < 4.78 is 0. The average molecular weight is 359 g/mol. The first-order chi connectivity index (χ1) is 12.6. The third-order valence-corrected chi connectivity index (χ3v) is 4.84.